The van der Waals surface area contributed by atoms with E-state index in [9.17, 15) is 11.0 Å². The van der Waals surface area contributed by atoms with Gasteiger partial charge in [-0.3, -0.25) is 9.13 Å². The summed E-state index contributed by atoms with van der Waals surface area (Å²) >= 11 is 0. The molecule has 0 radical (unpaired) electrons. The lowest BCUT2D eigenvalue weighted by Gasteiger charge is -2.20. The molecule has 0 aliphatic heterocycles. The lowest BCUT2D eigenvalue weighted by atomic mass is 9.88. The minimum absolute atomic E-state index is 0.143. The van der Waals surface area contributed by atoms with Gasteiger partial charge in [-0.25, -0.2) is 4.98 Å². The number of fused-ring (bicyclic) bond motifs is 3. The van der Waals surface area contributed by atoms with E-state index in [0.29, 0.717) is 11.6 Å². The molecule has 0 fully saturated rings. The Labute approximate surface area is 442 Å². The zero-order chi connectivity index (χ0) is 65.3. The number of para-hydroxylation sites is 2. The van der Waals surface area contributed by atoms with Crippen molar-refractivity contribution in [3.05, 3.63) is 254 Å². The zero-order valence-electron chi connectivity index (χ0n) is 58.2. The fourth-order valence-corrected chi connectivity index (χ4v) is 8.76. The molecule has 0 saturated carbocycles. The second kappa shape index (κ2) is 18.1. The number of ether oxygens (including phenoxy) is 1. The Bertz CT molecular complexity index is 4820. The quantitative estimate of drug-likeness (QED) is 0.101. The second-order valence-corrected chi connectivity index (χ2v) is 17.4. The third-order valence-electron chi connectivity index (χ3n) is 12.0. The van der Waals surface area contributed by atoms with E-state index in [0.717, 1.165) is 32.1 Å². The minimum Gasteiger partial charge on any atom is -0.458 e. The summed E-state index contributed by atoms with van der Waals surface area (Å²) in [7, 11) is 0. The molecule has 9 aromatic carbocycles. The van der Waals surface area contributed by atoms with Gasteiger partial charge in [0.1, 0.15) is 17.3 Å². The average molecular weight is 936 g/mol. The van der Waals surface area contributed by atoms with Crippen molar-refractivity contribution in [3.8, 4) is 84.6 Å². The van der Waals surface area contributed by atoms with E-state index >= 15 is 0 Å². The number of benzene rings is 9. The van der Waals surface area contributed by atoms with E-state index < -0.39 is 143 Å². The largest absolute Gasteiger partial charge is 0.458 e. The molecule has 0 amide bonds. The second-order valence-electron chi connectivity index (χ2n) is 17.4. The standard InChI is InChI=1S/C65H49N5O/c1-65(2,3)49-39-40-66-61(41-49)70-59-36-17-16-31-57(59)58-38-37-52(43-60(58)70)71-51-30-18-29-50(42-51)68-44-69(63-55(47-25-12-6-13-26-47)34-20-35-56(63)48-27-14-7-15-28-48)67-64(68)62-53(45-21-8-4-9-22-45)32-19-33-54(62)46-23-10-5-11-24-46/h4-43H,1-3H3/i4D,5D,6D,7D,8D,9D,10D,11D,12D,13D,14D,15D,21D,22D,23D,24D,25D,26D,27D,28D. The number of rotatable bonds is 10. The van der Waals surface area contributed by atoms with Crippen molar-refractivity contribution >= 4 is 21.8 Å². The summed E-state index contributed by atoms with van der Waals surface area (Å²) in [6.07, 6.45) is 4.97. The van der Waals surface area contributed by atoms with E-state index in [4.69, 9.17) is 31.3 Å². The van der Waals surface area contributed by atoms with Gasteiger partial charge >= 0.3 is 0 Å². The van der Waals surface area contributed by atoms with E-state index in [1.807, 2.05) is 48.5 Å². The SMILES string of the molecule is [2H]c1c([2H])c([2H])c(-c2cccc(-c3c([2H])c([2H])c([2H])c([2H])c3[2H])c2-c2n[n+](-c3c(-c4c([2H])c([2H])c([2H])c([2H])c4[2H])cccc3-c3c([2H])c([2H])c([2H])c([2H])c3[2H])[c-]n2-c2cccc(Oc3ccc4c5ccccc5n(-c5cc(C(C)(C)C)ccn5)c4c3)c2)c([2H])c1[2H]. The summed E-state index contributed by atoms with van der Waals surface area (Å²) in [4.78, 5) is 4.82. The van der Waals surface area contributed by atoms with Crippen molar-refractivity contribution < 1.29 is 36.8 Å². The number of aromatic nitrogens is 5. The van der Waals surface area contributed by atoms with Crippen LogP contribution in [0.15, 0.2) is 242 Å². The molecule has 6 nitrogen and oxygen atoms in total. The van der Waals surface area contributed by atoms with Gasteiger partial charge in [0.05, 0.1) is 49.8 Å². The van der Waals surface area contributed by atoms with Crippen LogP contribution in [0.4, 0.5) is 0 Å². The molecule has 0 spiro atoms. The molecular weight excluding hydrogens is 867 g/mol. The summed E-state index contributed by atoms with van der Waals surface area (Å²) in [6, 6.07) is 17.9. The Morgan fingerprint density at radius 2 is 1.06 bits per heavy atom. The first kappa shape index (κ1) is 26.6. The fraction of sp³-hybridized carbons (Fsp3) is 0.0615. The third kappa shape index (κ3) is 8.15. The first-order chi connectivity index (χ1) is 43.1. The van der Waals surface area contributed by atoms with Gasteiger partial charge in [0.2, 0.25) is 0 Å². The lowest BCUT2D eigenvalue weighted by Crippen LogP contribution is -2.34. The van der Waals surface area contributed by atoms with Crippen LogP contribution in [0.3, 0.4) is 0 Å². The summed E-state index contributed by atoms with van der Waals surface area (Å²) < 4.78 is 190. The van der Waals surface area contributed by atoms with E-state index in [1.54, 1.807) is 36.5 Å². The molecule has 340 valence electrons. The molecule has 0 unspecified atom stereocenters. The Balaban J connectivity index is 1.19. The van der Waals surface area contributed by atoms with Crippen molar-refractivity contribution in [2.75, 3.05) is 0 Å². The van der Waals surface area contributed by atoms with Crippen LogP contribution in [0.1, 0.15) is 53.7 Å². The molecule has 3 aromatic heterocycles. The number of nitrogens with zero attached hydrogens (tertiary/aromatic N) is 5. The lowest BCUT2D eigenvalue weighted by molar-refractivity contribution is -0.659. The van der Waals surface area contributed by atoms with Gasteiger partial charge in [-0.05, 0) is 98.0 Å². The summed E-state index contributed by atoms with van der Waals surface area (Å²) in [5, 5.41) is 7.01. The predicted molar refractivity (Wildman–Crippen MR) is 288 cm³/mol. The summed E-state index contributed by atoms with van der Waals surface area (Å²) in [5.74, 6) is 0.941. The molecule has 0 N–H and O–H groups in total. The van der Waals surface area contributed by atoms with E-state index in [-0.39, 0.29) is 56.2 Å². The molecule has 12 aromatic rings. The van der Waals surface area contributed by atoms with Crippen LogP contribution in [0.5, 0.6) is 11.5 Å². The third-order valence-corrected chi connectivity index (χ3v) is 12.0. The Morgan fingerprint density at radius 3 is 1.66 bits per heavy atom. The number of hydrogen-bond donors (Lipinski definition) is 0. The van der Waals surface area contributed by atoms with Crippen molar-refractivity contribution in [3.63, 3.8) is 0 Å². The smallest absolute Gasteiger partial charge is 0.273 e. The maximum absolute atomic E-state index is 9.33. The summed E-state index contributed by atoms with van der Waals surface area (Å²) in [5.41, 5.74) is -0.168. The average Bonchev–Trinajstić information content (AvgIpc) is 1.75. The number of pyridine rings is 1. The molecule has 71 heavy (non-hydrogen) atoms. The molecular formula is C65H49N5O. The van der Waals surface area contributed by atoms with Crippen LogP contribution >= 0.6 is 0 Å². The Kier molecular flexibility index (Phi) is 6.77. The van der Waals surface area contributed by atoms with E-state index in [1.165, 1.54) is 41.0 Å². The maximum atomic E-state index is 9.33. The molecule has 0 bridgehead atoms. The highest BCUT2D eigenvalue weighted by molar-refractivity contribution is 6.09. The molecule has 12 rings (SSSR count). The molecule has 6 heteroatoms. The van der Waals surface area contributed by atoms with Crippen LogP contribution in [0, 0.1) is 6.33 Å². The normalized spacial score (nSPS) is 15.5. The fourth-order valence-electron chi connectivity index (χ4n) is 8.76. The van der Waals surface area contributed by atoms with Crippen molar-refractivity contribution in [2.24, 2.45) is 0 Å². The highest BCUT2D eigenvalue weighted by atomic mass is 16.5. The first-order valence-corrected chi connectivity index (χ1v) is 22.4. The van der Waals surface area contributed by atoms with Gasteiger partial charge in [-0.15, -0.1) is 5.10 Å². The predicted octanol–water partition coefficient (Wildman–Crippen LogP) is 15.9. The van der Waals surface area contributed by atoms with Gasteiger partial charge < -0.3 is 4.74 Å². The van der Waals surface area contributed by atoms with Crippen molar-refractivity contribution in [1.82, 2.24) is 19.2 Å². The molecule has 0 aliphatic rings. The van der Waals surface area contributed by atoms with Gasteiger partial charge in [0, 0.05) is 28.6 Å². The first-order valence-electron chi connectivity index (χ1n) is 32.4. The minimum atomic E-state index is -0.742. The van der Waals surface area contributed by atoms with Crippen LogP contribution in [-0.2, 0) is 5.41 Å². The summed E-state index contributed by atoms with van der Waals surface area (Å²) in [6.45, 7) is 6.35. The zero-order valence-corrected chi connectivity index (χ0v) is 38.2. The number of hydrogen-bond acceptors (Lipinski definition) is 3. The van der Waals surface area contributed by atoms with Gasteiger partial charge in [-0.1, -0.05) is 208 Å². The highest BCUT2D eigenvalue weighted by Crippen LogP contribution is 2.42. The molecule has 0 saturated heterocycles. The van der Waals surface area contributed by atoms with Gasteiger partial charge in [0.25, 0.3) is 6.33 Å². The van der Waals surface area contributed by atoms with E-state index in [2.05, 4.69) is 31.7 Å². The highest BCUT2D eigenvalue weighted by Gasteiger charge is 2.25. The van der Waals surface area contributed by atoms with Crippen LogP contribution in [-0.4, -0.2) is 19.2 Å². The molecule has 0 atom stereocenters. The molecule has 3 heterocycles. The van der Waals surface area contributed by atoms with Crippen molar-refractivity contribution in [2.45, 2.75) is 26.2 Å². The van der Waals surface area contributed by atoms with Crippen molar-refractivity contribution in [1.29, 1.82) is 0 Å². The topological polar surface area (TPSA) is 48.8 Å². The Morgan fingerprint density at radius 1 is 0.521 bits per heavy atom. The monoisotopic (exact) mass is 936 g/mol. The van der Waals surface area contributed by atoms with Gasteiger partial charge in [0.15, 0.2) is 5.82 Å². The van der Waals surface area contributed by atoms with Crippen LogP contribution in [0.25, 0.3) is 94.9 Å². The molecule has 0 aliphatic carbocycles. The Hall–Kier alpha value is -9.13. The maximum Gasteiger partial charge on any atom is 0.273 e. The van der Waals surface area contributed by atoms with Crippen LogP contribution in [0.2, 0.25) is 0 Å². The van der Waals surface area contributed by atoms with Crippen LogP contribution < -0.4 is 9.42 Å². The van der Waals surface area contributed by atoms with Gasteiger partial charge in [-0.2, -0.15) is 4.68 Å².